The van der Waals surface area contributed by atoms with Gasteiger partial charge in [0.15, 0.2) is 17.2 Å². The molecular weight excluding hydrogens is 733 g/mol. The van der Waals surface area contributed by atoms with E-state index in [0.717, 1.165) is 32.1 Å². The Balaban J connectivity index is 0.000000334. The van der Waals surface area contributed by atoms with Gasteiger partial charge in [0.1, 0.15) is 12.7 Å². The van der Waals surface area contributed by atoms with Gasteiger partial charge in [0, 0.05) is 20.3 Å². The molecule has 0 radical (unpaired) electrons. The van der Waals surface area contributed by atoms with Gasteiger partial charge in [-0.15, -0.1) is 9.05 Å². The van der Waals surface area contributed by atoms with E-state index in [0.29, 0.717) is 36.2 Å². The van der Waals surface area contributed by atoms with Crippen LogP contribution in [-0.2, 0) is 22.7 Å². The fraction of sp³-hybridized carbons (Fsp3) is 0.514. The Kier molecular flexibility index (Phi) is 19.7. The van der Waals surface area contributed by atoms with Crippen molar-refractivity contribution >= 4 is 35.1 Å². The van der Waals surface area contributed by atoms with E-state index in [1.54, 1.807) is 48.5 Å². The molecule has 0 aliphatic heterocycles. The Morgan fingerprint density at radius 1 is 0.667 bits per heavy atom. The van der Waals surface area contributed by atoms with Crippen molar-refractivity contribution in [2.45, 2.75) is 85.9 Å². The predicted molar refractivity (Wildman–Crippen MR) is 203 cm³/mol. The van der Waals surface area contributed by atoms with Crippen LogP contribution >= 0.6 is 35.1 Å². The van der Waals surface area contributed by atoms with E-state index in [4.69, 9.17) is 34.4 Å². The Morgan fingerprint density at radius 2 is 1.12 bits per heavy atom. The molecule has 5 rings (SSSR count). The number of aliphatic hydroxyl groups is 2. The molecule has 0 saturated heterocycles. The second-order valence-electron chi connectivity index (χ2n) is 14.1. The van der Waals surface area contributed by atoms with Crippen molar-refractivity contribution in [2.75, 3.05) is 13.2 Å². The van der Waals surface area contributed by atoms with Crippen LogP contribution in [0.3, 0.4) is 0 Å². The van der Waals surface area contributed by atoms with Crippen LogP contribution < -0.4 is 13.6 Å². The van der Waals surface area contributed by atoms with Gasteiger partial charge in [-0.05, 0) is 97.6 Å². The highest BCUT2D eigenvalue weighted by Gasteiger charge is 2.41. The van der Waals surface area contributed by atoms with Crippen LogP contribution in [-0.4, -0.2) is 35.6 Å². The monoisotopic (exact) mass is 785 g/mol. The number of hydrogen-bond acceptors (Lipinski definition) is 10. The summed E-state index contributed by atoms with van der Waals surface area (Å²) < 4.78 is 61.2. The number of halogens is 1. The van der Waals surface area contributed by atoms with E-state index in [9.17, 15) is 18.8 Å². The zero-order valence-corrected chi connectivity index (χ0v) is 32.4. The first kappa shape index (κ1) is 44.7. The van der Waals surface area contributed by atoms with Crippen LogP contribution in [0.1, 0.15) is 73.6 Å². The van der Waals surface area contributed by atoms with E-state index in [-0.39, 0.29) is 43.0 Å². The van der Waals surface area contributed by atoms with Crippen molar-refractivity contribution in [2.24, 2.45) is 22.7 Å². The summed E-state index contributed by atoms with van der Waals surface area (Å²) in [7, 11) is -6.57. The van der Waals surface area contributed by atoms with Crippen molar-refractivity contribution in [1.29, 1.82) is 0 Å². The standard InChI is InChI=1S/C21H26O6P2.C9H18O2.C6H5ClO2P.CH4/c1-21(2)14-17(16-24-28(22)25-18-9-5-3-6-10-18)13-20(15-21)27-29(23)26-19-11-7-4-8-12-19;1-9(2)4-7(6-10)3-8(11)5-9;7-10(8)9-6-4-2-1-3-5-6;/h3-12,17,20H,13-16H2,1-2H3;7-8,10-11H,3-6H2,1-2H3;1-5H;1H4/q+2;;+1;. The molecule has 2 aliphatic carbocycles. The molecule has 10 nitrogen and oxygen atoms in total. The fourth-order valence-corrected chi connectivity index (χ4v) is 8.40. The zero-order chi connectivity index (χ0) is 36.6. The van der Waals surface area contributed by atoms with Crippen molar-refractivity contribution in [1.82, 2.24) is 0 Å². The molecule has 0 aromatic heterocycles. The molecule has 51 heavy (non-hydrogen) atoms. The Bertz CT molecular complexity index is 1470. The van der Waals surface area contributed by atoms with Crippen molar-refractivity contribution in [3.05, 3.63) is 91.0 Å². The lowest BCUT2D eigenvalue weighted by Gasteiger charge is -2.37. The molecule has 3 aromatic carbocycles. The maximum Gasteiger partial charge on any atom is 0.750 e. The summed E-state index contributed by atoms with van der Waals surface area (Å²) in [6.45, 7) is 9.10. The topological polar surface area (TPSA) is 138 Å². The Labute approximate surface area is 310 Å². The molecule has 0 spiro atoms. The molecule has 280 valence electrons. The van der Waals surface area contributed by atoms with Crippen LogP contribution in [0.15, 0.2) is 91.0 Å². The highest BCUT2D eigenvalue weighted by molar-refractivity contribution is 7.70. The van der Waals surface area contributed by atoms with Gasteiger partial charge in [0.2, 0.25) is 0 Å². The van der Waals surface area contributed by atoms with Crippen LogP contribution in [0, 0.1) is 22.7 Å². The lowest BCUT2D eigenvalue weighted by atomic mass is 9.71. The molecule has 0 amide bonds. The third kappa shape index (κ3) is 18.7. The molecule has 3 aromatic rings. The van der Waals surface area contributed by atoms with E-state index in [2.05, 4.69) is 32.2 Å². The Hall–Kier alpha value is -2.51. The van der Waals surface area contributed by atoms with Gasteiger partial charge in [-0.2, -0.15) is 0 Å². The molecule has 7 atom stereocenters. The van der Waals surface area contributed by atoms with Gasteiger partial charge in [0.05, 0.1) is 6.10 Å². The van der Waals surface area contributed by atoms with E-state index < -0.39 is 23.9 Å². The molecular formula is C37H53ClO10P3+3. The summed E-state index contributed by atoms with van der Waals surface area (Å²) in [5.74, 6) is 1.99. The lowest BCUT2D eigenvalue weighted by Crippen LogP contribution is -2.34. The average molecular weight is 786 g/mol. The third-order valence-corrected chi connectivity index (χ3v) is 10.2. The summed E-state index contributed by atoms with van der Waals surface area (Å²) in [5.41, 5.74) is 0.205. The minimum atomic E-state index is -2.27. The van der Waals surface area contributed by atoms with Crippen LogP contribution in [0.5, 0.6) is 17.2 Å². The van der Waals surface area contributed by atoms with Crippen LogP contribution in [0.2, 0.25) is 0 Å². The second-order valence-corrected chi connectivity index (χ2v) is 17.2. The molecule has 2 aliphatic rings. The summed E-state index contributed by atoms with van der Waals surface area (Å²) >= 11 is 5.10. The van der Waals surface area contributed by atoms with Gasteiger partial charge >= 0.3 is 23.9 Å². The van der Waals surface area contributed by atoms with Gasteiger partial charge in [0.25, 0.3) is 11.2 Å². The number of para-hydroxylation sites is 3. The number of benzene rings is 3. The molecule has 7 unspecified atom stereocenters. The number of hydrogen-bond donors (Lipinski definition) is 2. The summed E-state index contributed by atoms with van der Waals surface area (Å²) in [6, 6.07) is 26.7. The molecule has 0 bridgehead atoms. The lowest BCUT2D eigenvalue weighted by molar-refractivity contribution is 0.0153. The van der Waals surface area contributed by atoms with Crippen LogP contribution in [0.25, 0.3) is 0 Å². The first-order chi connectivity index (χ1) is 23.7. The normalized spacial score (nSPS) is 22.5. The quantitative estimate of drug-likeness (QED) is 0.171. The smallest absolute Gasteiger partial charge is 0.396 e. The summed E-state index contributed by atoms with van der Waals surface area (Å²) in [4.78, 5) is 0. The highest BCUT2D eigenvalue weighted by atomic mass is 35.7. The second kappa shape index (κ2) is 22.5. The van der Waals surface area contributed by atoms with Crippen molar-refractivity contribution < 1.29 is 46.5 Å². The van der Waals surface area contributed by atoms with E-state index in [1.165, 1.54) is 0 Å². The van der Waals surface area contributed by atoms with Crippen molar-refractivity contribution in [3.8, 4) is 17.2 Å². The van der Waals surface area contributed by atoms with Gasteiger partial charge in [-0.25, -0.2) is 13.6 Å². The van der Waals surface area contributed by atoms with Gasteiger partial charge in [-0.1, -0.05) is 89.7 Å². The summed E-state index contributed by atoms with van der Waals surface area (Å²) in [6.07, 6.45) is 4.62. The molecule has 0 heterocycles. The maximum absolute atomic E-state index is 12.3. The fourth-order valence-electron chi connectivity index (χ4n) is 6.45. The first-order valence-electron chi connectivity index (χ1n) is 16.6. The van der Waals surface area contributed by atoms with Gasteiger partial charge in [-0.3, -0.25) is 0 Å². The predicted octanol–water partition coefficient (Wildman–Crippen LogP) is 11.5. The van der Waals surface area contributed by atoms with Gasteiger partial charge < -0.3 is 10.2 Å². The molecule has 2 saturated carbocycles. The minimum absolute atomic E-state index is 0. The SMILES string of the molecule is C.CC1(C)CC(CO[P+](=O)Oc2ccccc2)CC(O[P+](=O)Oc2ccccc2)C1.CC1(C)CC(O)CC(CO)C1.O=[P+](Cl)Oc1ccccc1. The zero-order valence-electron chi connectivity index (χ0n) is 29.0. The maximum atomic E-state index is 12.3. The molecule has 14 heteroatoms. The van der Waals surface area contributed by atoms with E-state index in [1.807, 2.05) is 42.5 Å². The largest absolute Gasteiger partial charge is 0.750 e. The minimum Gasteiger partial charge on any atom is -0.396 e. The third-order valence-electron chi connectivity index (χ3n) is 8.13. The first-order valence-corrected chi connectivity index (χ1v) is 20.8. The summed E-state index contributed by atoms with van der Waals surface area (Å²) in [5, 5.41) is 18.4. The van der Waals surface area contributed by atoms with E-state index >= 15 is 0 Å². The average Bonchev–Trinajstić information content (AvgIpc) is 3.04. The van der Waals surface area contributed by atoms with Crippen molar-refractivity contribution in [3.63, 3.8) is 0 Å². The Morgan fingerprint density at radius 3 is 1.59 bits per heavy atom. The number of aliphatic hydroxyl groups excluding tert-OH is 2. The number of rotatable bonds is 12. The molecule has 2 N–H and O–H groups in total. The highest BCUT2D eigenvalue weighted by Crippen LogP contribution is 2.44. The van der Waals surface area contributed by atoms with Crippen LogP contribution in [0.4, 0.5) is 0 Å². The molecule has 2 fully saturated rings.